The molecule has 1 aromatic rings. The molecule has 0 radical (unpaired) electrons. The summed E-state index contributed by atoms with van der Waals surface area (Å²) >= 11 is 0. The van der Waals surface area contributed by atoms with Gasteiger partial charge in [0.1, 0.15) is 0 Å². The van der Waals surface area contributed by atoms with Crippen molar-refractivity contribution in [2.24, 2.45) is 0 Å². The van der Waals surface area contributed by atoms with E-state index < -0.39 is 5.97 Å². The van der Waals surface area contributed by atoms with Gasteiger partial charge in [-0.15, -0.1) is 0 Å². The molecule has 0 spiro atoms. The molecule has 1 aromatic carbocycles. The SMILES string of the molecule is CCCCN(c1ccc(N)cc1C(=O)O)C(C)CC. The van der Waals surface area contributed by atoms with Crippen LogP contribution in [-0.4, -0.2) is 23.7 Å². The van der Waals surface area contributed by atoms with Gasteiger partial charge in [-0.2, -0.15) is 0 Å². The first kappa shape index (κ1) is 15.3. The highest BCUT2D eigenvalue weighted by Crippen LogP contribution is 2.26. The Morgan fingerprint density at radius 2 is 2.11 bits per heavy atom. The van der Waals surface area contributed by atoms with Crippen LogP contribution in [0.2, 0.25) is 0 Å². The minimum absolute atomic E-state index is 0.288. The lowest BCUT2D eigenvalue weighted by molar-refractivity contribution is 0.0697. The molecular weight excluding hydrogens is 240 g/mol. The van der Waals surface area contributed by atoms with Gasteiger partial charge < -0.3 is 15.7 Å². The molecule has 0 heterocycles. The third-order valence-electron chi connectivity index (χ3n) is 3.44. The number of unbranched alkanes of at least 4 members (excludes halogenated alkanes) is 1. The number of hydrogen-bond donors (Lipinski definition) is 2. The first-order chi connectivity index (χ1) is 9.01. The monoisotopic (exact) mass is 264 g/mol. The molecule has 3 N–H and O–H groups in total. The predicted octanol–water partition coefficient (Wildman–Crippen LogP) is 3.37. The Morgan fingerprint density at radius 1 is 1.42 bits per heavy atom. The van der Waals surface area contributed by atoms with E-state index in [1.165, 1.54) is 0 Å². The molecule has 1 unspecified atom stereocenters. The number of nitrogen functional groups attached to an aromatic ring is 1. The summed E-state index contributed by atoms with van der Waals surface area (Å²) < 4.78 is 0. The average molecular weight is 264 g/mol. The second-order valence-electron chi connectivity index (χ2n) is 4.89. The van der Waals surface area contributed by atoms with Crippen molar-refractivity contribution in [2.45, 2.75) is 46.1 Å². The summed E-state index contributed by atoms with van der Waals surface area (Å²) in [6.07, 6.45) is 3.12. The molecule has 0 amide bonds. The van der Waals surface area contributed by atoms with Crippen LogP contribution in [0.25, 0.3) is 0 Å². The lowest BCUT2D eigenvalue weighted by atomic mass is 10.1. The molecule has 0 aliphatic heterocycles. The van der Waals surface area contributed by atoms with E-state index >= 15 is 0 Å². The van der Waals surface area contributed by atoms with E-state index in [1.54, 1.807) is 12.1 Å². The van der Waals surface area contributed by atoms with Gasteiger partial charge >= 0.3 is 5.97 Å². The first-order valence-electron chi connectivity index (χ1n) is 6.90. The van der Waals surface area contributed by atoms with Crippen LogP contribution in [0.3, 0.4) is 0 Å². The maximum absolute atomic E-state index is 11.4. The fraction of sp³-hybridized carbons (Fsp3) is 0.533. The number of nitrogens with two attached hydrogens (primary N) is 1. The average Bonchev–Trinajstić information content (AvgIpc) is 2.39. The number of rotatable bonds is 7. The Labute approximate surface area is 115 Å². The second-order valence-corrected chi connectivity index (χ2v) is 4.89. The third-order valence-corrected chi connectivity index (χ3v) is 3.44. The molecular formula is C15H24N2O2. The van der Waals surface area contributed by atoms with Crippen LogP contribution < -0.4 is 10.6 Å². The maximum Gasteiger partial charge on any atom is 0.337 e. The topological polar surface area (TPSA) is 66.6 Å². The van der Waals surface area contributed by atoms with Gasteiger partial charge in [0.2, 0.25) is 0 Å². The Bertz CT molecular complexity index is 432. The van der Waals surface area contributed by atoms with E-state index in [9.17, 15) is 9.90 Å². The molecule has 0 aromatic heterocycles. The van der Waals surface area contributed by atoms with Crippen LogP contribution in [0.4, 0.5) is 11.4 Å². The van der Waals surface area contributed by atoms with Crippen LogP contribution in [0.5, 0.6) is 0 Å². The van der Waals surface area contributed by atoms with Gasteiger partial charge in [-0.1, -0.05) is 20.3 Å². The van der Waals surface area contributed by atoms with Crippen molar-refractivity contribution >= 4 is 17.3 Å². The summed E-state index contributed by atoms with van der Waals surface area (Å²) in [5.74, 6) is -0.924. The summed E-state index contributed by atoms with van der Waals surface area (Å²) in [5.41, 5.74) is 7.24. The van der Waals surface area contributed by atoms with E-state index in [0.29, 0.717) is 11.7 Å². The van der Waals surface area contributed by atoms with Gasteiger partial charge in [0, 0.05) is 18.3 Å². The van der Waals surface area contributed by atoms with Gasteiger partial charge in [0.05, 0.1) is 11.3 Å². The zero-order chi connectivity index (χ0) is 14.4. The van der Waals surface area contributed by atoms with Crippen molar-refractivity contribution in [3.63, 3.8) is 0 Å². The van der Waals surface area contributed by atoms with Crippen LogP contribution in [0.15, 0.2) is 18.2 Å². The highest BCUT2D eigenvalue weighted by molar-refractivity contribution is 5.95. The largest absolute Gasteiger partial charge is 0.478 e. The van der Waals surface area contributed by atoms with Crippen LogP contribution in [0, 0.1) is 0 Å². The molecule has 106 valence electrons. The Kier molecular flexibility index (Phi) is 5.67. The van der Waals surface area contributed by atoms with Gasteiger partial charge in [-0.05, 0) is 38.0 Å². The molecule has 1 atom stereocenters. The smallest absolute Gasteiger partial charge is 0.337 e. The summed E-state index contributed by atoms with van der Waals surface area (Å²) in [5, 5.41) is 9.34. The number of nitrogens with zero attached hydrogens (tertiary/aromatic N) is 1. The van der Waals surface area contributed by atoms with Gasteiger partial charge in [0.25, 0.3) is 0 Å². The van der Waals surface area contributed by atoms with E-state index in [2.05, 4.69) is 25.7 Å². The summed E-state index contributed by atoms with van der Waals surface area (Å²) in [6.45, 7) is 7.24. The molecule has 0 aliphatic carbocycles. The summed E-state index contributed by atoms with van der Waals surface area (Å²) in [6, 6.07) is 5.44. The van der Waals surface area contributed by atoms with Crippen molar-refractivity contribution < 1.29 is 9.90 Å². The quantitative estimate of drug-likeness (QED) is 0.741. The number of carbonyl (C=O) groups is 1. The molecule has 19 heavy (non-hydrogen) atoms. The van der Waals surface area contributed by atoms with Gasteiger partial charge in [-0.25, -0.2) is 4.79 Å². The molecule has 0 aliphatic rings. The number of carboxylic acids is 1. The Balaban J connectivity index is 3.17. The fourth-order valence-corrected chi connectivity index (χ4v) is 2.10. The number of carboxylic acid groups (broad SMARTS) is 1. The molecule has 0 saturated heterocycles. The normalized spacial score (nSPS) is 12.2. The minimum Gasteiger partial charge on any atom is -0.478 e. The number of aromatic carboxylic acids is 1. The van der Waals surface area contributed by atoms with E-state index in [1.807, 2.05) is 6.07 Å². The molecule has 0 fully saturated rings. The van der Waals surface area contributed by atoms with Crippen molar-refractivity contribution in [3.8, 4) is 0 Å². The fourth-order valence-electron chi connectivity index (χ4n) is 2.10. The standard InChI is InChI=1S/C15H24N2O2/c1-4-6-9-17(11(3)5-2)14-8-7-12(16)10-13(14)15(18)19/h7-8,10-11H,4-6,9,16H2,1-3H3,(H,18,19). The van der Waals surface area contributed by atoms with Crippen molar-refractivity contribution in [2.75, 3.05) is 17.2 Å². The Morgan fingerprint density at radius 3 is 2.63 bits per heavy atom. The zero-order valence-electron chi connectivity index (χ0n) is 12.0. The highest BCUT2D eigenvalue weighted by atomic mass is 16.4. The molecule has 4 nitrogen and oxygen atoms in total. The second kappa shape index (κ2) is 7.02. The van der Waals surface area contributed by atoms with E-state index in [0.717, 1.165) is 31.5 Å². The van der Waals surface area contributed by atoms with Crippen LogP contribution >= 0.6 is 0 Å². The first-order valence-corrected chi connectivity index (χ1v) is 6.90. The molecule has 0 bridgehead atoms. The van der Waals surface area contributed by atoms with Crippen LogP contribution in [0.1, 0.15) is 50.4 Å². The van der Waals surface area contributed by atoms with E-state index in [4.69, 9.17) is 5.73 Å². The van der Waals surface area contributed by atoms with Crippen molar-refractivity contribution in [3.05, 3.63) is 23.8 Å². The minimum atomic E-state index is -0.924. The summed E-state index contributed by atoms with van der Waals surface area (Å²) in [4.78, 5) is 13.6. The lowest BCUT2D eigenvalue weighted by Gasteiger charge is -2.32. The van der Waals surface area contributed by atoms with Crippen LogP contribution in [-0.2, 0) is 0 Å². The molecule has 4 heteroatoms. The van der Waals surface area contributed by atoms with Crippen molar-refractivity contribution in [1.29, 1.82) is 0 Å². The van der Waals surface area contributed by atoms with Gasteiger partial charge in [-0.3, -0.25) is 0 Å². The molecule has 1 rings (SSSR count). The Hall–Kier alpha value is -1.71. The van der Waals surface area contributed by atoms with Gasteiger partial charge in [0.15, 0.2) is 0 Å². The zero-order valence-corrected chi connectivity index (χ0v) is 12.0. The predicted molar refractivity (Wildman–Crippen MR) is 79.8 cm³/mol. The maximum atomic E-state index is 11.4. The molecule has 0 saturated carbocycles. The third kappa shape index (κ3) is 3.88. The van der Waals surface area contributed by atoms with Crippen molar-refractivity contribution in [1.82, 2.24) is 0 Å². The lowest BCUT2D eigenvalue weighted by Crippen LogP contribution is -2.34. The number of anilines is 2. The summed E-state index contributed by atoms with van der Waals surface area (Å²) in [7, 11) is 0. The number of benzene rings is 1. The highest BCUT2D eigenvalue weighted by Gasteiger charge is 2.19. The van der Waals surface area contributed by atoms with E-state index in [-0.39, 0.29) is 5.56 Å². The number of hydrogen-bond acceptors (Lipinski definition) is 3.